The number of primary amides is 1. The van der Waals surface area contributed by atoms with Gasteiger partial charge in [-0.15, -0.1) is 11.3 Å². The van der Waals surface area contributed by atoms with Gasteiger partial charge in [-0.3, -0.25) is 9.59 Å². The number of ether oxygens (including phenoxy) is 1. The molecule has 0 saturated carbocycles. The second-order valence-electron chi connectivity index (χ2n) is 5.43. The lowest BCUT2D eigenvalue weighted by Crippen LogP contribution is -2.47. The van der Waals surface area contributed by atoms with Crippen LogP contribution in [0.3, 0.4) is 0 Å². The predicted octanol–water partition coefficient (Wildman–Crippen LogP) is 0.593. The summed E-state index contributed by atoms with van der Waals surface area (Å²) in [5.74, 6) is -0.680. The van der Waals surface area contributed by atoms with Crippen LogP contribution in [0, 0.1) is 5.41 Å². The van der Waals surface area contributed by atoms with E-state index in [2.05, 4.69) is 10.6 Å². The van der Waals surface area contributed by atoms with Gasteiger partial charge in [0.2, 0.25) is 5.91 Å². The summed E-state index contributed by atoms with van der Waals surface area (Å²) in [6.07, 6.45) is 1.94. The minimum Gasteiger partial charge on any atom is -0.384 e. The summed E-state index contributed by atoms with van der Waals surface area (Å²) in [7, 11) is 1.68. The summed E-state index contributed by atoms with van der Waals surface area (Å²) < 4.78 is 5.32. The molecule has 0 aliphatic carbocycles. The topological polar surface area (TPSA) is 93.4 Å². The van der Waals surface area contributed by atoms with Crippen LogP contribution in [0.25, 0.3) is 0 Å². The van der Waals surface area contributed by atoms with E-state index in [0.29, 0.717) is 23.6 Å². The molecule has 1 aromatic heterocycles. The lowest BCUT2D eigenvalue weighted by molar-refractivity contribution is 0.0512. The van der Waals surface area contributed by atoms with Crippen LogP contribution in [0.15, 0.2) is 11.4 Å². The molecular formula is C14H21N3O3S. The Hall–Kier alpha value is -1.44. The number of amides is 2. The molecule has 0 aromatic carbocycles. The van der Waals surface area contributed by atoms with Crippen molar-refractivity contribution >= 4 is 23.2 Å². The number of carbonyl (C=O) groups excluding carboxylic acids is 2. The zero-order valence-corrected chi connectivity index (χ0v) is 12.9. The Morgan fingerprint density at radius 2 is 2.19 bits per heavy atom. The SMILES string of the molecule is COCC1(CNC(=O)c2cc(C(N)=O)cs2)CCNCC1. The molecule has 0 atom stereocenters. The minimum absolute atomic E-state index is 0.0144. The van der Waals surface area contributed by atoms with Gasteiger partial charge in [0.25, 0.3) is 5.91 Å². The van der Waals surface area contributed by atoms with Crippen molar-refractivity contribution in [2.45, 2.75) is 12.8 Å². The summed E-state index contributed by atoms with van der Waals surface area (Å²) in [5.41, 5.74) is 5.55. The Morgan fingerprint density at radius 1 is 1.48 bits per heavy atom. The van der Waals surface area contributed by atoms with E-state index in [4.69, 9.17) is 10.5 Å². The number of nitrogens with two attached hydrogens (primary N) is 1. The van der Waals surface area contributed by atoms with Crippen molar-refractivity contribution in [2.75, 3.05) is 33.4 Å². The number of rotatable bonds is 6. The summed E-state index contributed by atoms with van der Waals surface area (Å²) in [6, 6.07) is 1.54. The molecule has 4 N–H and O–H groups in total. The van der Waals surface area contributed by atoms with Crippen molar-refractivity contribution in [1.82, 2.24) is 10.6 Å². The third kappa shape index (κ3) is 4.03. The normalized spacial score (nSPS) is 17.4. The first-order valence-electron chi connectivity index (χ1n) is 6.92. The zero-order chi connectivity index (χ0) is 15.3. The monoisotopic (exact) mass is 311 g/mol. The fraction of sp³-hybridized carbons (Fsp3) is 0.571. The highest BCUT2D eigenvalue weighted by molar-refractivity contribution is 7.12. The summed E-state index contributed by atoms with van der Waals surface area (Å²) in [4.78, 5) is 23.7. The van der Waals surface area contributed by atoms with Crippen LogP contribution in [0.1, 0.15) is 32.9 Å². The number of hydrogen-bond donors (Lipinski definition) is 3. The number of piperidine rings is 1. The van der Waals surface area contributed by atoms with E-state index in [1.807, 2.05) is 0 Å². The molecule has 1 aliphatic heterocycles. The quantitative estimate of drug-likeness (QED) is 0.717. The Labute approximate surface area is 128 Å². The lowest BCUT2D eigenvalue weighted by Gasteiger charge is -2.37. The molecule has 2 amide bonds. The van der Waals surface area contributed by atoms with Crippen molar-refractivity contribution in [3.63, 3.8) is 0 Å². The van der Waals surface area contributed by atoms with Crippen LogP contribution in [0.2, 0.25) is 0 Å². The van der Waals surface area contributed by atoms with Crippen molar-refractivity contribution < 1.29 is 14.3 Å². The van der Waals surface area contributed by atoms with Gasteiger partial charge in [-0.2, -0.15) is 0 Å². The molecular weight excluding hydrogens is 290 g/mol. The van der Waals surface area contributed by atoms with Gasteiger partial charge in [0, 0.05) is 24.4 Å². The first-order valence-corrected chi connectivity index (χ1v) is 7.80. The number of thiophene rings is 1. The maximum Gasteiger partial charge on any atom is 0.261 e. The average Bonchev–Trinajstić information content (AvgIpc) is 2.96. The molecule has 0 bridgehead atoms. The fourth-order valence-corrected chi connectivity index (χ4v) is 3.39. The molecule has 7 heteroatoms. The molecule has 1 fully saturated rings. The molecule has 0 radical (unpaired) electrons. The third-order valence-corrected chi connectivity index (χ3v) is 4.78. The molecule has 2 rings (SSSR count). The first-order chi connectivity index (χ1) is 10.1. The number of carbonyl (C=O) groups is 2. The molecule has 21 heavy (non-hydrogen) atoms. The van der Waals surface area contributed by atoms with Crippen LogP contribution in [0.4, 0.5) is 0 Å². The van der Waals surface area contributed by atoms with E-state index in [9.17, 15) is 9.59 Å². The van der Waals surface area contributed by atoms with Gasteiger partial charge >= 0.3 is 0 Å². The smallest absolute Gasteiger partial charge is 0.261 e. The van der Waals surface area contributed by atoms with Crippen LogP contribution in [-0.2, 0) is 4.74 Å². The van der Waals surface area contributed by atoms with Crippen LogP contribution >= 0.6 is 11.3 Å². The minimum atomic E-state index is -0.514. The van der Waals surface area contributed by atoms with Crippen molar-refractivity contribution in [3.05, 3.63) is 21.9 Å². The van der Waals surface area contributed by atoms with Gasteiger partial charge in [-0.05, 0) is 32.0 Å². The number of methoxy groups -OCH3 is 1. The Balaban J connectivity index is 1.96. The van der Waals surface area contributed by atoms with Gasteiger partial charge in [0.1, 0.15) is 0 Å². The third-order valence-electron chi connectivity index (χ3n) is 3.85. The van der Waals surface area contributed by atoms with E-state index in [1.54, 1.807) is 12.5 Å². The van der Waals surface area contributed by atoms with E-state index < -0.39 is 5.91 Å². The van der Waals surface area contributed by atoms with Crippen molar-refractivity contribution in [2.24, 2.45) is 11.1 Å². The Morgan fingerprint density at radius 3 is 2.76 bits per heavy atom. The number of nitrogens with one attached hydrogen (secondary N) is 2. The second kappa shape index (κ2) is 7.02. The average molecular weight is 311 g/mol. The van der Waals surface area contributed by atoms with Gasteiger partial charge in [-0.1, -0.05) is 0 Å². The second-order valence-corrected chi connectivity index (χ2v) is 6.34. The summed E-state index contributed by atoms with van der Waals surface area (Å²) >= 11 is 1.23. The van der Waals surface area contributed by atoms with Crippen LogP contribution in [0.5, 0.6) is 0 Å². The van der Waals surface area contributed by atoms with E-state index >= 15 is 0 Å². The molecule has 6 nitrogen and oxygen atoms in total. The van der Waals surface area contributed by atoms with Gasteiger partial charge < -0.3 is 21.1 Å². The molecule has 116 valence electrons. The molecule has 0 spiro atoms. The van der Waals surface area contributed by atoms with Crippen molar-refractivity contribution in [3.8, 4) is 0 Å². The fourth-order valence-electron chi connectivity index (χ4n) is 2.57. The number of hydrogen-bond acceptors (Lipinski definition) is 5. The zero-order valence-electron chi connectivity index (χ0n) is 12.1. The predicted molar refractivity (Wildman–Crippen MR) is 81.6 cm³/mol. The highest BCUT2D eigenvalue weighted by Crippen LogP contribution is 2.28. The van der Waals surface area contributed by atoms with Crippen LogP contribution < -0.4 is 16.4 Å². The summed E-state index contributed by atoms with van der Waals surface area (Å²) in [5, 5.41) is 7.88. The van der Waals surface area contributed by atoms with Crippen LogP contribution in [-0.4, -0.2) is 45.2 Å². The molecule has 1 aliphatic rings. The maximum absolute atomic E-state index is 12.2. The molecule has 2 heterocycles. The lowest BCUT2D eigenvalue weighted by atomic mass is 9.79. The molecule has 1 saturated heterocycles. The molecule has 0 unspecified atom stereocenters. The van der Waals surface area contributed by atoms with E-state index in [-0.39, 0.29) is 11.3 Å². The first kappa shape index (κ1) is 15.9. The highest BCUT2D eigenvalue weighted by Gasteiger charge is 2.32. The van der Waals surface area contributed by atoms with Gasteiger partial charge in [0.05, 0.1) is 17.0 Å². The Kier molecular flexibility index (Phi) is 5.33. The Bertz CT molecular complexity index is 504. The van der Waals surface area contributed by atoms with Crippen molar-refractivity contribution in [1.29, 1.82) is 0 Å². The molecule has 1 aromatic rings. The van der Waals surface area contributed by atoms with Gasteiger partial charge in [-0.25, -0.2) is 0 Å². The van der Waals surface area contributed by atoms with E-state index in [1.165, 1.54) is 17.4 Å². The largest absolute Gasteiger partial charge is 0.384 e. The highest BCUT2D eigenvalue weighted by atomic mass is 32.1. The standard InChI is InChI=1S/C14H21N3O3S/c1-20-9-14(2-4-16-5-3-14)8-17-13(19)11-6-10(7-21-11)12(15)18/h6-7,16H,2-5,8-9H2,1H3,(H2,15,18)(H,17,19). The van der Waals surface area contributed by atoms with Gasteiger partial charge in [0.15, 0.2) is 0 Å². The maximum atomic E-state index is 12.2. The van der Waals surface area contributed by atoms with E-state index in [0.717, 1.165) is 25.9 Å². The summed E-state index contributed by atoms with van der Waals surface area (Å²) in [6.45, 7) is 3.07.